The lowest BCUT2D eigenvalue weighted by Crippen LogP contribution is -2.31. The van der Waals surface area contributed by atoms with E-state index in [0.717, 1.165) is 6.20 Å². The summed E-state index contributed by atoms with van der Waals surface area (Å²) in [4.78, 5) is 6.72. The maximum atomic E-state index is 13.8. The Bertz CT molecular complexity index is 400. The fraction of sp³-hybridized carbons (Fsp3) is 0.455. The van der Waals surface area contributed by atoms with Gasteiger partial charge in [-0.3, -0.25) is 4.98 Å². The standard InChI is InChI=1S/C11H12F2N2/c1-10(2,3)11(12,13)8-5-9(14-4)7-15-6-8/h5-7H,1-3H3. The van der Waals surface area contributed by atoms with E-state index in [0.29, 0.717) is 0 Å². The lowest BCUT2D eigenvalue weighted by atomic mass is 9.84. The first-order valence-electron chi connectivity index (χ1n) is 4.50. The number of nitrogens with zero attached hydrogens (tertiary/aromatic N) is 2. The van der Waals surface area contributed by atoms with E-state index in [1.807, 2.05) is 0 Å². The van der Waals surface area contributed by atoms with Crippen LogP contribution >= 0.6 is 0 Å². The van der Waals surface area contributed by atoms with Crippen LogP contribution in [0.25, 0.3) is 4.85 Å². The molecule has 1 aromatic rings. The van der Waals surface area contributed by atoms with Crippen LogP contribution in [0.3, 0.4) is 0 Å². The average Bonchev–Trinajstić information content (AvgIpc) is 2.16. The topological polar surface area (TPSA) is 17.2 Å². The summed E-state index contributed by atoms with van der Waals surface area (Å²) in [5.41, 5.74) is -1.25. The molecule has 0 unspecified atom stereocenters. The summed E-state index contributed by atoms with van der Waals surface area (Å²) in [5, 5.41) is 0. The number of hydrogen-bond donors (Lipinski definition) is 0. The highest BCUT2D eigenvalue weighted by Gasteiger charge is 2.44. The van der Waals surface area contributed by atoms with Gasteiger partial charge in [-0.15, -0.1) is 0 Å². The summed E-state index contributed by atoms with van der Waals surface area (Å²) in [6, 6.07) is 1.19. The van der Waals surface area contributed by atoms with Crippen LogP contribution in [0.5, 0.6) is 0 Å². The molecule has 0 N–H and O–H groups in total. The predicted octanol–water partition coefficient (Wildman–Crippen LogP) is 3.77. The van der Waals surface area contributed by atoms with Crippen molar-refractivity contribution in [2.24, 2.45) is 5.41 Å². The van der Waals surface area contributed by atoms with Gasteiger partial charge in [0.15, 0.2) is 0 Å². The molecule has 2 nitrogen and oxygen atoms in total. The molecule has 0 aliphatic carbocycles. The Morgan fingerprint density at radius 2 is 1.87 bits per heavy atom. The first kappa shape index (κ1) is 11.6. The molecule has 1 rings (SSSR count). The first-order valence-corrected chi connectivity index (χ1v) is 4.50. The molecular weight excluding hydrogens is 198 g/mol. The average molecular weight is 210 g/mol. The molecule has 80 valence electrons. The number of alkyl halides is 2. The highest BCUT2D eigenvalue weighted by molar-refractivity contribution is 5.44. The zero-order valence-electron chi connectivity index (χ0n) is 8.88. The molecule has 0 saturated heterocycles. The number of hydrogen-bond acceptors (Lipinski definition) is 1. The van der Waals surface area contributed by atoms with Crippen molar-refractivity contribution in [1.29, 1.82) is 0 Å². The first-order chi connectivity index (χ1) is 6.79. The Kier molecular flexibility index (Phi) is 2.76. The second-order valence-corrected chi connectivity index (χ2v) is 4.37. The van der Waals surface area contributed by atoms with Crippen LogP contribution < -0.4 is 0 Å². The highest BCUT2D eigenvalue weighted by atomic mass is 19.3. The molecule has 0 aromatic carbocycles. The van der Waals surface area contributed by atoms with Crippen LogP contribution in [0.4, 0.5) is 14.5 Å². The zero-order valence-corrected chi connectivity index (χ0v) is 8.88. The van der Waals surface area contributed by atoms with Crippen LogP contribution in [0.1, 0.15) is 26.3 Å². The molecule has 0 amide bonds. The Hall–Kier alpha value is -1.50. The summed E-state index contributed by atoms with van der Waals surface area (Å²) < 4.78 is 27.7. The number of aromatic nitrogens is 1. The molecule has 0 saturated carbocycles. The molecule has 1 heterocycles. The van der Waals surface area contributed by atoms with Crippen LogP contribution in [0, 0.1) is 12.0 Å². The predicted molar refractivity (Wildman–Crippen MR) is 53.8 cm³/mol. The molecule has 0 aliphatic rings. The highest BCUT2D eigenvalue weighted by Crippen LogP contribution is 2.44. The van der Waals surface area contributed by atoms with Crippen molar-refractivity contribution in [3.8, 4) is 0 Å². The third kappa shape index (κ3) is 2.12. The van der Waals surface area contributed by atoms with Crippen molar-refractivity contribution >= 4 is 5.69 Å². The largest absolute Gasteiger partial charge is 0.278 e. The number of rotatable bonds is 1. The van der Waals surface area contributed by atoms with Gasteiger partial charge in [-0.25, -0.2) is 13.6 Å². The minimum Gasteiger partial charge on any atom is -0.276 e. The quantitative estimate of drug-likeness (QED) is 0.645. The van der Waals surface area contributed by atoms with Crippen LogP contribution in [-0.2, 0) is 5.92 Å². The smallest absolute Gasteiger partial charge is 0.276 e. The van der Waals surface area contributed by atoms with E-state index in [4.69, 9.17) is 6.57 Å². The molecule has 0 aliphatic heterocycles. The van der Waals surface area contributed by atoms with Crippen LogP contribution in [0.15, 0.2) is 18.5 Å². The summed E-state index contributed by atoms with van der Waals surface area (Å²) in [6.45, 7) is 11.1. The summed E-state index contributed by atoms with van der Waals surface area (Å²) in [5.74, 6) is -2.99. The maximum absolute atomic E-state index is 13.8. The Morgan fingerprint density at radius 3 is 2.33 bits per heavy atom. The molecular formula is C11H12F2N2. The molecule has 15 heavy (non-hydrogen) atoms. The van der Waals surface area contributed by atoms with Crippen molar-refractivity contribution in [2.75, 3.05) is 0 Å². The lowest BCUT2D eigenvalue weighted by molar-refractivity contribution is -0.104. The summed E-state index contributed by atoms with van der Waals surface area (Å²) >= 11 is 0. The molecule has 0 spiro atoms. The van der Waals surface area contributed by atoms with E-state index >= 15 is 0 Å². The Morgan fingerprint density at radius 1 is 1.27 bits per heavy atom. The SMILES string of the molecule is [C-]#[N+]c1cncc(C(F)(F)C(C)(C)C)c1. The third-order valence-corrected chi connectivity index (χ3v) is 2.16. The van der Waals surface area contributed by atoms with Gasteiger partial charge in [0.1, 0.15) is 0 Å². The van der Waals surface area contributed by atoms with E-state index < -0.39 is 11.3 Å². The van der Waals surface area contributed by atoms with Gasteiger partial charge in [0.2, 0.25) is 5.69 Å². The maximum Gasteiger partial charge on any atom is 0.278 e. The van der Waals surface area contributed by atoms with E-state index in [2.05, 4.69) is 9.83 Å². The summed E-state index contributed by atoms with van der Waals surface area (Å²) in [6.07, 6.45) is 2.38. The lowest BCUT2D eigenvalue weighted by Gasteiger charge is -2.30. The van der Waals surface area contributed by atoms with Gasteiger partial charge in [0.05, 0.1) is 6.57 Å². The van der Waals surface area contributed by atoms with Gasteiger partial charge in [0.25, 0.3) is 5.92 Å². The Labute approximate surface area is 87.8 Å². The molecule has 0 bridgehead atoms. The van der Waals surface area contributed by atoms with Gasteiger partial charge in [-0.2, -0.15) is 0 Å². The van der Waals surface area contributed by atoms with Gasteiger partial charge in [-0.05, 0) is 6.07 Å². The van der Waals surface area contributed by atoms with Crippen LogP contribution in [-0.4, -0.2) is 4.98 Å². The van der Waals surface area contributed by atoms with E-state index in [-0.39, 0.29) is 11.3 Å². The minimum absolute atomic E-state index is 0.136. The van der Waals surface area contributed by atoms with Gasteiger partial charge in [-0.1, -0.05) is 20.8 Å². The van der Waals surface area contributed by atoms with E-state index in [1.54, 1.807) is 0 Å². The van der Waals surface area contributed by atoms with Gasteiger partial charge in [0, 0.05) is 23.4 Å². The monoisotopic (exact) mass is 210 g/mol. The number of halogens is 2. The molecule has 4 heteroatoms. The normalized spacial score (nSPS) is 12.3. The van der Waals surface area contributed by atoms with Gasteiger partial charge >= 0.3 is 0 Å². The Balaban J connectivity index is 3.23. The second kappa shape index (κ2) is 3.58. The molecule has 0 atom stereocenters. The van der Waals surface area contributed by atoms with E-state index in [1.165, 1.54) is 33.0 Å². The van der Waals surface area contributed by atoms with Crippen molar-refractivity contribution in [1.82, 2.24) is 4.98 Å². The van der Waals surface area contributed by atoms with Crippen molar-refractivity contribution in [2.45, 2.75) is 26.7 Å². The fourth-order valence-corrected chi connectivity index (χ4v) is 1.09. The second-order valence-electron chi connectivity index (χ2n) is 4.37. The summed E-state index contributed by atoms with van der Waals surface area (Å²) in [7, 11) is 0. The molecule has 0 radical (unpaired) electrons. The molecule has 1 aromatic heterocycles. The van der Waals surface area contributed by atoms with Crippen molar-refractivity contribution < 1.29 is 8.78 Å². The molecule has 0 fully saturated rings. The minimum atomic E-state index is -2.99. The van der Waals surface area contributed by atoms with Gasteiger partial charge < -0.3 is 0 Å². The zero-order chi connectivity index (χ0) is 11.7. The van der Waals surface area contributed by atoms with Crippen molar-refractivity contribution in [3.63, 3.8) is 0 Å². The van der Waals surface area contributed by atoms with E-state index in [9.17, 15) is 8.78 Å². The van der Waals surface area contributed by atoms with Crippen molar-refractivity contribution in [3.05, 3.63) is 35.4 Å². The fourth-order valence-electron chi connectivity index (χ4n) is 1.09. The third-order valence-electron chi connectivity index (χ3n) is 2.16. The van der Waals surface area contributed by atoms with Crippen LogP contribution in [0.2, 0.25) is 0 Å². The number of pyridine rings is 1.